The van der Waals surface area contributed by atoms with Crippen molar-refractivity contribution in [1.29, 1.82) is 0 Å². The number of ether oxygens (including phenoxy) is 1. The number of carbonyl (C=O) groups excluding carboxylic acids is 1. The third kappa shape index (κ3) is 3.44. The van der Waals surface area contributed by atoms with Crippen LogP contribution in [0.5, 0.6) is 0 Å². The third-order valence-electron chi connectivity index (χ3n) is 2.32. The molecule has 88 valence electrons. The molecule has 1 aliphatic heterocycles. The minimum atomic E-state index is -2.95. The van der Waals surface area contributed by atoms with Gasteiger partial charge in [0.1, 0.15) is 6.04 Å². The maximum Gasteiger partial charge on any atom is 0.241 e. The molecule has 0 bridgehead atoms. The van der Waals surface area contributed by atoms with E-state index in [-0.39, 0.29) is 37.1 Å². The fourth-order valence-corrected chi connectivity index (χ4v) is 2.62. The van der Waals surface area contributed by atoms with E-state index in [9.17, 15) is 13.2 Å². The van der Waals surface area contributed by atoms with Gasteiger partial charge >= 0.3 is 0 Å². The fraction of sp³-hybridized carbons (Fsp3) is 0.875. The molecular formula is C8H16N2O4S. The Kier molecular flexibility index (Phi) is 4.06. The highest BCUT2D eigenvalue weighted by atomic mass is 32.2. The highest BCUT2D eigenvalue weighted by Crippen LogP contribution is 2.05. The molecule has 1 aliphatic rings. The molecular weight excluding hydrogens is 220 g/mol. The number of nitrogens with two attached hydrogens (primary N) is 1. The Balaban J connectivity index is 2.49. The zero-order valence-corrected chi connectivity index (χ0v) is 9.50. The van der Waals surface area contributed by atoms with Crippen molar-refractivity contribution < 1.29 is 17.9 Å². The van der Waals surface area contributed by atoms with Crippen molar-refractivity contribution >= 4 is 15.7 Å². The van der Waals surface area contributed by atoms with E-state index in [1.807, 2.05) is 0 Å². The Bertz CT molecular complexity index is 314. The lowest BCUT2D eigenvalue weighted by Crippen LogP contribution is -2.51. The maximum atomic E-state index is 11.6. The third-order valence-corrected chi connectivity index (χ3v) is 3.93. The van der Waals surface area contributed by atoms with Crippen LogP contribution in [0, 0.1) is 0 Å². The normalized spacial score (nSPS) is 22.4. The first-order chi connectivity index (χ1) is 6.96. The van der Waals surface area contributed by atoms with Crippen molar-refractivity contribution in [3.8, 4) is 0 Å². The lowest BCUT2D eigenvalue weighted by molar-refractivity contribution is -0.133. The van der Waals surface area contributed by atoms with E-state index in [1.165, 1.54) is 12.0 Å². The topological polar surface area (TPSA) is 89.7 Å². The van der Waals surface area contributed by atoms with Gasteiger partial charge in [0.15, 0.2) is 9.84 Å². The van der Waals surface area contributed by atoms with E-state index in [0.29, 0.717) is 0 Å². The zero-order valence-electron chi connectivity index (χ0n) is 8.68. The van der Waals surface area contributed by atoms with Gasteiger partial charge in [-0.25, -0.2) is 8.42 Å². The van der Waals surface area contributed by atoms with Crippen LogP contribution in [0.1, 0.15) is 0 Å². The highest BCUT2D eigenvalue weighted by molar-refractivity contribution is 7.91. The number of nitrogens with zero attached hydrogens (tertiary/aromatic N) is 1. The molecule has 7 heteroatoms. The largest absolute Gasteiger partial charge is 0.383 e. The molecule has 1 saturated heterocycles. The first kappa shape index (κ1) is 12.4. The molecule has 0 aromatic carbocycles. The number of carbonyl (C=O) groups is 1. The number of hydrogen-bond acceptors (Lipinski definition) is 5. The van der Waals surface area contributed by atoms with Crippen LogP contribution in [0.4, 0.5) is 0 Å². The second-order valence-electron chi connectivity index (χ2n) is 3.54. The van der Waals surface area contributed by atoms with Gasteiger partial charge < -0.3 is 15.4 Å². The molecule has 0 spiro atoms. The highest BCUT2D eigenvalue weighted by Gasteiger charge is 2.27. The molecule has 0 saturated carbocycles. The minimum Gasteiger partial charge on any atom is -0.383 e. The number of amides is 1. The Labute approximate surface area is 89.3 Å². The molecule has 6 nitrogen and oxygen atoms in total. The summed E-state index contributed by atoms with van der Waals surface area (Å²) < 4.78 is 27.0. The van der Waals surface area contributed by atoms with Gasteiger partial charge in [0, 0.05) is 20.2 Å². The summed E-state index contributed by atoms with van der Waals surface area (Å²) in [5.74, 6) is -0.191. The van der Waals surface area contributed by atoms with E-state index >= 15 is 0 Å². The maximum absolute atomic E-state index is 11.6. The van der Waals surface area contributed by atoms with Crippen molar-refractivity contribution in [2.45, 2.75) is 6.04 Å². The van der Waals surface area contributed by atoms with Crippen LogP contribution in [0.25, 0.3) is 0 Å². The van der Waals surface area contributed by atoms with E-state index in [4.69, 9.17) is 10.5 Å². The van der Waals surface area contributed by atoms with Gasteiger partial charge in [0.2, 0.25) is 5.91 Å². The predicted octanol–water partition coefficient (Wildman–Crippen LogP) is -1.78. The quantitative estimate of drug-likeness (QED) is 0.625. The standard InChI is InChI=1S/C8H16N2O4S/c1-14-6-7(9)8(11)10-2-4-15(12,13)5-3-10/h7H,2-6,9H2,1H3. The smallest absolute Gasteiger partial charge is 0.241 e. The van der Waals surface area contributed by atoms with E-state index in [0.717, 1.165) is 0 Å². The van der Waals surface area contributed by atoms with E-state index < -0.39 is 15.9 Å². The first-order valence-electron chi connectivity index (χ1n) is 4.70. The van der Waals surface area contributed by atoms with Crippen LogP contribution in [0.3, 0.4) is 0 Å². The molecule has 1 fully saturated rings. The van der Waals surface area contributed by atoms with Crippen LogP contribution in [0.2, 0.25) is 0 Å². The lowest BCUT2D eigenvalue weighted by atomic mass is 10.3. The van der Waals surface area contributed by atoms with E-state index in [2.05, 4.69) is 0 Å². The second kappa shape index (κ2) is 4.91. The van der Waals surface area contributed by atoms with Gasteiger partial charge in [0.25, 0.3) is 0 Å². The van der Waals surface area contributed by atoms with Crippen LogP contribution in [-0.4, -0.2) is 63.6 Å². The minimum absolute atomic E-state index is 0.0262. The Morgan fingerprint density at radius 3 is 2.47 bits per heavy atom. The molecule has 1 rings (SSSR count). The van der Waals surface area contributed by atoms with Gasteiger partial charge in [0.05, 0.1) is 18.1 Å². The monoisotopic (exact) mass is 236 g/mol. The van der Waals surface area contributed by atoms with Crippen LogP contribution in [0.15, 0.2) is 0 Å². The van der Waals surface area contributed by atoms with Gasteiger partial charge in [-0.1, -0.05) is 0 Å². The first-order valence-corrected chi connectivity index (χ1v) is 6.52. The summed E-state index contributed by atoms with van der Waals surface area (Å²) in [4.78, 5) is 13.1. The molecule has 1 atom stereocenters. The molecule has 2 N–H and O–H groups in total. The van der Waals surface area contributed by atoms with Gasteiger partial charge in [-0.3, -0.25) is 4.79 Å². The number of rotatable bonds is 3. The average Bonchev–Trinajstić information content (AvgIpc) is 2.17. The molecule has 0 radical (unpaired) electrons. The summed E-state index contributed by atoms with van der Waals surface area (Å²) in [7, 11) is -1.49. The molecule has 0 aromatic heterocycles. The van der Waals surface area contributed by atoms with Gasteiger partial charge in [-0.2, -0.15) is 0 Å². The summed E-state index contributed by atoms with van der Waals surface area (Å²) in [6.45, 7) is 0.624. The van der Waals surface area contributed by atoms with Crippen LogP contribution in [-0.2, 0) is 19.4 Å². The summed E-state index contributed by atoms with van der Waals surface area (Å²) in [5.41, 5.74) is 5.56. The van der Waals surface area contributed by atoms with Crippen molar-refractivity contribution in [2.75, 3.05) is 38.3 Å². The van der Waals surface area contributed by atoms with Crippen molar-refractivity contribution in [3.63, 3.8) is 0 Å². The van der Waals surface area contributed by atoms with Gasteiger partial charge in [-0.15, -0.1) is 0 Å². The molecule has 1 unspecified atom stereocenters. The number of sulfone groups is 1. The molecule has 1 heterocycles. The Morgan fingerprint density at radius 2 is 2.00 bits per heavy atom. The molecule has 15 heavy (non-hydrogen) atoms. The fourth-order valence-electron chi connectivity index (χ4n) is 1.42. The van der Waals surface area contributed by atoms with Crippen molar-refractivity contribution in [2.24, 2.45) is 5.73 Å². The van der Waals surface area contributed by atoms with E-state index in [1.54, 1.807) is 0 Å². The average molecular weight is 236 g/mol. The Hall–Kier alpha value is -0.660. The summed E-state index contributed by atoms with van der Waals surface area (Å²) >= 11 is 0. The van der Waals surface area contributed by atoms with Crippen LogP contribution >= 0.6 is 0 Å². The molecule has 0 aromatic rings. The number of hydrogen-bond donors (Lipinski definition) is 1. The van der Waals surface area contributed by atoms with Crippen molar-refractivity contribution in [1.82, 2.24) is 4.90 Å². The Morgan fingerprint density at radius 1 is 1.47 bits per heavy atom. The predicted molar refractivity (Wildman–Crippen MR) is 55.1 cm³/mol. The number of methoxy groups -OCH3 is 1. The SMILES string of the molecule is COCC(N)C(=O)N1CCS(=O)(=O)CC1. The van der Waals surface area contributed by atoms with Crippen LogP contribution < -0.4 is 5.73 Å². The molecule has 1 amide bonds. The summed E-state index contributed by atoms with van der Waals surface area (Å²) in [6.07, 6.45) is 0. The molecule has 0 aliphatic carbocycles. The summed E-state index contributed by atoms with van der Waals surface area (Å²) in [6, 6.07) is -0.698. The summed E-state index contributed by atoms with van der Waals surface area (Å²) in [5, 5.41) is 0. The lowest BCUT2D eigenvalue weighted by Gasteiger charge is -2.28. The zero-order chi connectivity index (χ0) is 11.5. The van der Waals surface area contributed by atoms with Crippen molar-refractivity contribution in [3.05, 3.63) is 0 Å². The second-order valence-corrected chi connectivity index (χ2v) is 5.84. The van der Waals surface area contributed by atoms with Gasteiger partial charge in [-0.05, 0) is 0 Å².